The van der Waals surface area contributed by atoms with Gasteiger partial charge in [0, 0.05) is 5.56 Å². The van der Waals surface area contributed by atoms with Crippen LogP contribution in [0.3, 0.4) is 0 Å². The molecule has 1 aliphatic rings. The lowest BCUT2D eigenvalue weighted by Gasteiger charge is -2.17. The van der Waals surface area contributed by atoms with E-state index in [2.05, 4.69) is 15.3 Å². The molecule has 0 saturated heterocycles. The Balaban J connectivity index is 2.09. The zero-order valence-corrected chi connectivity index (χ0v) is 9.74. The Morgan fingerprint density at radius 1 is 1.50 bits per heavy atom. The molecule has 84 valence electrons. The molecule has 1 aliphatic carbocycles. The van der Waals surface area contributed by atoms with Crippen LogP contribution in [0, 0.1) is 6.92 Å². The van der Waals surface area contributed by atoms with Crippen molar-refractivity contribution in [2.75, 3.05) is 0 Å². The summed E-state index contributed by atoms with van der Waals surface area (Å²) in [6.45, 7) is 1.92. The van der Waals surface area contributed by atoms with E-state index in [9.17, 15) is 5.11 Å². The topological polar surface area (TPSA) is 63.8 Å². The fraction of sp³-hybridized carbons (Fsp3) is 0.500. The third-order valence-electron chi connectivity index (χ3n) is 2.85. The van der Waals surface area contributed by atoms with Crippen LogP contribution in [0.4, 0.5) is 0 Å². The molecule has 6 heteroatoms. The fourth-order valence-electron chi connectivity index (χ4n) is 2.07. The van der Waals surface area contributed by atoms with Gasteiger partial charge in [-0.15, -0.1) is 10.2 Å². The molecular formula is C10H12N4OS. The highest BCUT2D eigenvalue weighted by Gasteiger charge is 2.23. The van der Waals surface area contributed by atoms with Gasteiger partial charge in [-0.1, -0.05) is 11.3 Å². The van der Waals surface area contributed by atoms with Gasteiger partial charge >= 0.3 is 0 Å². The first-order chi connectivity index (χ1) is 7.75. The molecular weight excluding hydrogens is 224 g/mol. The summed E-state index contributed by atoms with van der Waals surface area (Å²) >= 11 is 1.52. The lowest BCUT2D eigenvalue weighted by atomic mass is 9.95. The van der Waals surface area contributed by atoms with E-state index in [4.69, 9.17) is 0 Å². The summed E-state index contributed by atoms with van der Waals surface area (Å²) < 4.78 is 1.81. The first-order valence-electron chi connectivity index (χ1n) is 5.31. The summed E-state index contributed by atoms with van der Waals surface area (Å²) in [5, 5.41) is 23.9. The maximum atomic E-state index is 9.84. The standard InChI is InChI=1S/C10H12N4OS/c1-6-12-13-10(16-6)14-8-3-2-4-9(15)7(8)5-11-14/h5,9,15H,2-4H2,1H3. The number of nitrogens with zero attached hydrogens (tertiary/aromatic N) is 4. The maximum absolute atomic E-state index is 9.84. The summed E-state index contributed by atoms with van der Waals surface area (Å²) in [4.78, 5) is 0. The van der Waals surface area contributed by atoms with Gasteiger partial charge in [-0.2, -0.15) is 5.10 Å². The highest BCUT2D eigenvalue weighted by molar-refractivity contribution is 7.13. The third kappa shape index (κ3) is 1.45. The van der Waals surface area contributed by atoms with Gasteiger partial charge in [0.05, 0.1) is 18.0 Å². The van der Waals surface area contributed by atoms with Crippen molar-refractivity contribution < 1.29 is 5.11 Å². The van der Waals surface area contributed by atoms with E-state index in [1.165, 1.54) is 11.3 Å². The average molecular weight is 236 g/mol. The highest BCUT2D eigenvalue weighted by atomic mass is 32.1. The molecule has 0 radical (unpaired) electrons. The molecule has 0 aromatic carbocycles. The fourth-order valence-corrected chi connectivity index (χ4v) is 2.74. The molecule has 0 aliphatic heterocycles. The SMILES string of the molecule is Cc1nnc(-n2ncc3c2CCCC3O)s1. The zero-order chi connectivity index (χ0) is 11.1. The molecule has 0 saturated carbocycles. The van der Waals surface area contributed by atoms with Gasteiger partial charge in [-0.05, 0) is 26.2 Å². The zero-order valence-electron chi connectivity index (χ0n) is 8.92. The van der Waals surface area contributed by atoms with Crippen molar-refractivity contribution in [3.05, 3.63) is 22.5 Å². The molecule has 3 rings (SSSR count). The number of hydrogen-bond acceptors (Lipinski definition) is 5. The number of aromatic nitrogens is 4. The van der Waals surface area contributed by atoms with Gasteiger partial charge in [0.1, 0.15) is 5.01 Å². The second-order valence-corrected chi connectivity index (χ2v) is 5.13. The number of fused-ring (bicyclic) bond motifs is 1. The first kappa shape index (κ1) is 9.92. The van der Waals surface area contributed by atoms with Crippen molar-refractivity contribution in [3.63, 3.8) is 0 Å². The predicted molar refractivity (Wildman–Crippen MR) is 59.7 cm³/mol. The van der Waals surface area contributed by atoms with Crippen molar-refractivity contribution in [2.45, 2.75) is 32.3 Å². The second-order valence-electron chi connectivity index (χ2n) is 3.97. The molecule has 1 N–H and O–H groups in total. The number of aliphatic hydroxyl groups is 1. The Labute approximate surface area is 96.8 Å². The average Bonchev–Trinajstić information content (AvgIpc) is 2.84. The van der Waals surface area contributed by atoms with Crippen molar-refractivity contribution in [1.29, 1.82) is 0 Å². The summed E-state index contributed by atoms with van der Waals surface area (Å²) in [6, 6.07) is 0. The summed E-state index contributed by atoms with van der Waals surface area (Å²) in [6.07, 6.45) is 4.15. The van der Waals surface area contributed by atoms with Crippen LogP contribution in [0.15, 0.2) is 6.20 Å². The molecule has 0 spiro atoms. The van der Waals surface area contributed by atoms with E-state index in [1.54, 1.807) is 6.20 Å². The summed E-state index contributed by atoms with van der Waals surface area (Å²) in [7, 11) is 0. The quantitative estimate of drug-likeness (QED) is 0.813. The normalized spacial score (nSPS) is 19.8. The third-order valence-corrected chi connectivity index (χ3v) is 3.66. The summed E-state index contributed by atoms with van der Waals surface area (Å²) in [5.74, 6) is 0. The minimum atomic E-state index is -0.369. The molecule has 2 aromatic rings. The minimum Gasteiger partial charge on any atom is -0.388 e. The van der Waals surface area contributed by atoms with E-state index < -0.39 is 0 Å². The van der Waals surface area contributed by atoms with Crippen LogP contribution in [0.25, 0.3) is 5.13 Å². The van der Waals surface area contributed by atoms with E-state index in [0.29, 0.717) is 0 Å². The van der Waals surface area contributed by atoms with Gasteiger partial charge in [-0.25, -0.2) is 4.68 Å². The van der Waals surface area contributed by atoms with E-state index in [1.807, 2.05) is 11.6 Å². The van der Waals surface area contributed by atoms with Crippen molar-refractivity contribution in [3.8, 4) is 5.13 Å². The molecule has 0 amide bonds. The van der Waals surface area contributed by atoms with Crippen LogP contribution in [-0.4, -0.2) is 25.1 Å². The molecule has 16 heavy (non-hydrogen) atoms. The van der Waals surface area contributed by atoms with Gasteiger partial charge in [0.15, 0.2) is 0 Å². The van der Waals surface area contributed by atoms with Gasteiger partial charge < -0.3 is 5.11 Å². The first-order valence-corrected chi connectivity index (χ1v) is 6.12. The van der Waals surface area contributed by atoms with E-state index in [0.717, 1.165) is 40.7 Å². The molecule has 0 bridgehead atoms. The number of aliphatic hydroxyl groups excluding tert-OH is 1. The van der Waals surface area contributed by atoms with Crippen LogP contribution >= 0.6 is 11.3 Å². The van der Waals surface area contributed by atoms with Crippen molar-refractivity contribution in [2.24, 2.45) is 0 Å². The van der Waals surface area contributed by atoms with Crippen molar-refractivity contribution >= 4 is 11.3 Å². The Hall–Kier alpha value is -1.27. The van der Waals surface area contributed by atoms with Crippen molar-refractivity contribution in [1.82, 2.24) is 20.0 Å². The smallest absolute Gasteiger partial charge is 0.233 e. The van der Waals surface area contributed by atoms with E-state index >= 15 is 0 Å². The van der Waals surface area contributed by atoms with Crippen LogP contribution < -0.4 is 0 Å². The molecule has 2 heterocycles. The minimum absolute atomic E-state index is 0.369. The van der Waals surface area contributed by atoms with Gasteiger partial charge in [0.25, 0.3) is 0 Å². The van der Waals surface area contributed by atoms with E-state index in [-0.39, 0.29) is 6.10 Å². The Morgan fingerprint density at radius 2 is 2.38 bits per heavy atom. The Morgan fingerprint density at radius 3 is 3.12 bits per heavy atom. The molecule has 2 aromatic heterocycles. The lowest BCUT2D eigenvalue weighted by molar-refractivity contribution is 0.156. The number of aryl methyl sites for hydroxylation is 1. The summed E-state index contributed by atoms with van der Waals surface area (Å²) in [5.41, 5.74) is 2.02. The van der Waals surface area contributed by atoms with Crippen LogP contribution in [0.5, 0.6) is 0 Å². The monoisotopic (exact) mass is 236 g/mol. The van der Waals surface area contributed by atoms with Crippen LogP contribution in [0.1, 0.15) is 35.2 Å². The molecule has 5 nitrogen and oxygen atoms in total. The van der Waals surface area contributed by atoms with Crippen LogP contribution in [0.2, 0.25) is 0 Å². The predicted octanol–water partition coefficient (Wildman–Crippen LogP) is 1.40. The maximum Gasteiger partial charge on any atom is 0.233 e. The molecule has 1 atom stereocenters. The Kier molecular flexibility index (Phi) is 2.26. The molecule has 0 fully saturated rings. The largest absolute Gasteiger partial charge is 0.388 e. The number of rotatable bonds is 1. The van der Waals surface area contributed by atoms with Crippen LogP contribution in [-0.2, 0) is 6.42 Å². The highest BCUT2D eigenvalue weighted by Crippen LogP contribution is 2.31. The number of hydrogen-bond donors (Lipinski definition) is 1. The Bertz CT molecular complexity index is 519. The molecule has 1 unspecified atom stereocenters. The lowest BCUT2D eigenvalue weighted by Crippen LogP contribution is -2.11. The van der Waals surface area contributed by atoms with Gasteiger partial charge in [0.2, 0.25) is 5.13 Å². The second kappa shape index (κ2) is 3.64. The van der Waals surface area contributed by atoms with Gasteiger partial charge in [-0.3, -0.25) is 0 Å².